The average Bonchev–Trinajstić information content (AvgIpc) is 2.93. The third-order valence-corrected chi connectivity index (χ3v) is 2.99. The lowest BCUT2D eigenvalue weighted by atomic mass is 10.1. The van der Waals surface area contributed by atoms with Gasteiger partial charge in [-0.15, -0.1) is 0 Å². The molecule has 0 radical (unpaired) electrons. The van der Waals surface area contributed by atoms with Crippen molar-refractivity contribution in [3.63, 3.8) is 0 Å². The minimum atomic E-state index is -0.460. The summed E-state index contributed by atoms with van der Waals surface area (Å²) in [7, 11) is 0. The zero-order chi connectivity index (χ0) is 14.5. The Morgan fingerprint density at radius 2 is 2.35 bits per heavy atom. The van der Waals surface area contributed by atoms with Gasteiger partial charge < -0.3 is 14.4 Å². The van der Waals surface area contributed by atoms with Crippen LogP contribution in [-0.2, 0) is 11.3 Å². The maximum absolute atomic E-state index is 12.3. The molecular weight excluding hydrogens is 260 g/mol. The van der Waals surface area contributed by atoms with E-state index < -0.39 is 6.04 Å². The van der Waals surface area contributed by atoms with Gasteiger partial charge >= 0.3 is 0 Å². The van der Waals surface area contributed by atoms with Crippen molar-refractivity contribution >= 4 is 11.6 Å². The fourth-order valence-corrected chi connectivity index (χ4v) is 1.97. The maximum Gasteiger partial charge on any atom is 0.293 e. The number of hydrogen-bond donors (Lipinski definition) is 1. The van der Waals surface area contributed by atoms with Gasteiger partial charge in [-0.25, -0.2) is 4.98 Å². The van der Waals surface area contributed by atoms with Crippen LogP contribution in [0.1, 0.15) is 32.0 Å². The van der Waals surface area contributed by atoms with Gasteiger partial charge in [0, 0.05) is 18.5 Å². The van der Waals surface area contributed by atoms with Crippen molar-refractivity contribution < 1.29 is 9.32 Å². The Hall–Kier alpha value is -2.44. The van der Waals surface area contributed by atoms with Crippen LogP contribution in [0.3, 0.4) is 0 Å². The zero-order valence-electron chi connectivity index (χ0n) is 11.4. The van der Waals surface area contributed by atoms with Crippen LogP contribution in [0.2, 0.25) is 0 Å². The molecule has 2 aromatic heterocycles. The van der Waals surface area contributed by atoms with Crippen LogP contribution >= 0.6 is 0 Å². The van der Waals surface area contributed by atoms with Crippen LogP contribution in [0.4, 0.5) is 5.82 Å². The Balaban J connectivity index is 2.23. The lowest BCUT2D eigenvalue weighted by Crippen LogP contribution is -2.30. The van der Waals surface area contributed by atoms with Gasteiger partial charge in [0.2, 0.25) is 0 Å². The van der Waals surface area contributed by atoms with E-state index in [-0.39, 0.29) is 17.2 Å². The van der Waals surface area contributed by atoms with Crippen molar-refractivity contribution in [3.05, 3.63) is 40.8 Å². The fraction of sp³-hybridized carbons (Fsp3) is 0.385. The van der Waals surface area contributed by atoms with Gasteiger partial charge in [-0.2, -0.15) is 0 Å². The van der Waals surface area contributed by atoms with E-state index in [1.807, 2.05) is 6.92 Å². The number of Topliss-reactive ketones (excluding diaryl/α,β-unsaturated/α-hetero) is 1. The maximum atomic E-state index is 12.3. The normalized spacial score (nSPS) is 12.1. The standard InChI is InChI=1S/C13H16N4O3/c1-3-11(9(2)18)17-6-5-14-12(13(17)19)15-8-10-4-7-20-16-10/h4-7,11H,3,8H2,1-2H3,(H,14,15). The highest BCUT2D eigenvalue weighted by Crippen LogP contribution is 2.10. The number of hydrogen-bond acceptors (Lipinski definition) is 6. The molecule has 20 heavy (non-hydrogen) atoms. The second kappa shape index (κ2) is 6.14. The first-order valence-electron chi connectivity index (χ1n) is 6.34. The van der Waals surface area contributed by atoms with Crippen molar-refractivity contribution in [1.29, 1.82) is 0 Å². The van der Waals surface area contributed by atoms with Gasteiger partial charge in [0.15, 0.2) is 11.6 Å². The minimum absolute atomic E-state index is 0.0525. The third-order valence-electron chi connectivity index (χ3n) is 2.99. The SMILES string of the molecule is CCC(C(C)=O)n1ccnc(NCc2ccon2)c1=O. The predicted molar refractivity (Wildman–Crippen MR) is 72.3 cm³/mol. The molecule has 0 fully saturated rings. The van der Waals surface area contributed by atoms with Crippen molar-refractivity contribution in [2.24, 2.45) is 0 Å². The van der Waals surface area contributed by atoms with Gasteiger partial charge in [-0.1, -0.05) is 12.1 Å². The molecule has 0 aromatic carbocycles. The molecule has 0 saturated heterocycles. The van der Waals surface area contributed by atoms with E-state index in [9.17, 15) is 9.59 Å². The van der Waals surface area contributed by atoms with Crippen molar-refractivity contribution in [1.82, 2.24) is 14.7 Å². The molecule has 0 saturated carbocycles. The van der Waals surface area contributed by atoms with Gasteiger partial charge in [-0.3, -0.25) is 9.59 Å². The van der Waals surface area contributed by atoms with Crippen molar-refractivity contribution in [3.8, 4) is 0 Å². The molecule has 1 atom stereocenters. The lowest BCUT2D eigenvalue weighted by Gasteiger charge is -2.15. The topological polar surface area (TPSA) is 90.0 Å². The van der Waals surface area contributed by atoms with Gasteiger partial charge in [-0.05, 0) is 13.3 Å². The number of ketones is 1. The largest absolute Gasteiger partial charge is 0.364 e. The fourth-order valence-electron chi connectivity index (χ4n) is 1.97. The number of carbonyl (C=O) groups is 1. The van der Waals surface area contributed by atoms with E-state index in [0.29, 0.717) is 18.7 Å². The van der Waals surface area contributed by atoms with Crippen LogP contribution in [0.15, 0.2) is 34.0 Å². The molecule has 0 spiro atoms. The summed E-state index contributed by atoms with van der Waals surface area (Å²) < 4.78 is 6.11. The van der Waals surface area contributed by atoms with E-state index in [1.165, 1.54) is 30.1 Å². The number of anilines is 1. The van der Waals surface area contributed by atoms with Crippen LogP contribution in [0.25, 0.3) is 0 Å². The summed E-state index contributed by atoms with van der Waals surface area (Å²) in [4.78, 5) is 27.8. The summed E-state index contributed by atoms with van der Waals surface area (Å²) in [6.45, 7) is 3.67. The van der Waals surface area contributed by atoms with Gasteiger partial charge in [0.05, 0.1) is 12.6 Å². The first kappa shape index (κ1) is 14.0. The van der Waals surface area contributed by atoms with Crippen LogP contribution in [0, 0.1) is 0 Å². The number of rotatable bonds is 6. The number of aromatic nitrogens is 3. The summed E-state index contributed by atoms with van der Waals surface area (Å²) >= 11 is 0. The number of nitrogens with one attached hydrogen (secondary N) is 1. The Morgan fingerprint density at radius 1 is 1.55 bits per heavy atom. The number of carbonyl (C=O) groups excluding carboxylic acids is 1. The van der Waals surface area contributed by atoms with E-state index >= 15 is 0 Å². The first-order valence-corrected chi connectivity index (χ1v) is 6.34. The highest BCUT2D eigenvalue weighted by molar-refractivity contribution is 5.79. The Kier molecular flexibility index (Phi) is 4.29. The van der Waals surface area contributed by atoms with E-state index in [2.05, 4.69) is 15.5 Å². The lowest BCUT2D eigenvalue weighted by molar-refractivity contribution is -0.120. The molecule has 0 aliphatic heterocycles. The second-order valence-electron chi connectivity index (χ2n) is 4.37. The average molecular weight is 276 g/mol. The van der Waals surface area contributed by atoms with Crippen LogP contribution < -0.4 is 10.9 Å². The molecule has 7 heteroatoms. The summed E-state index contributed by atoms with van der Waals surface area (Å²) in [5.74, 6) is 0.137. The predicted octanol–water partition coefficient (Wildman–Crippen LogP) is 1.38. The molecular formula is C13H16N4O3. The molecule has 2 rings (SSSR count). The van der Waals surface area contributed by atoms with Crippen LogP contribution in [0.5, 0.6) is 0 Å². The van der Waals surface area contributed by atoms with Crippen LogP contribution in [-0.4, -0.2) is 20.5 Å². The molecule has 1 unspecified atom stereocenters. The van der Waals surface area contributed by atoms with E-state index in [1.54, 1.807) is 6.07 Å². The van der Waals surface area contributed by atoms with Crippen molar-refractivity contribution in [2.75, 3.05) is 5.32 Å². The van der Waals surface area contributed by atoms with Crippen molar-refractivity contribution in [2.45, 2.75) is 32.9 Å². The Morgan fingerprint density at radius 3 is 2.95 bits per heavy atom. The summed E-state index contributed by atoms with van der Waals surface area (Å²) in [6, 6.07) is 1.23. The highest BCUT2D eigenvalue weighted by atomic mass is 16.5. The monoisotopic (exact) mass is 276 g/mol. The highest BCUT2D eigenvalue weighted by Gasteiger charge is 2.17. The molecule has 0 aliphatic carbocycles. The molecule has 0 bridgehead atoms. The number of nitrogens with zero attached hydrogens (tertiary/aromatic N) is 3. The molecule has 1 N–H and O–H groups in total. The van der Waals surface area contributed by atoms with E-state index in [0.717, 1.165) is 0 Å². The quantitative estimate of drug-likeness (QED) is 0.857. The summed E-state index contributed by atoms with van der Waals surface area (Å²) in [5, 5.41) is 6.63. The summed E-state index contributed by atoms with van der Waals surface area (Å²) in [5.41, 5.74) is 0.346. The second-order valence-corrected chi connectivity index (χ2v) is 4.37. The summed E-state index contributed by atoms with van der Waals surface area (Å²) in [6.07, 6.45) is 5.04. The minimum Gasteiger partial charge on any atom is -0.364 e. The smallest absolute Gasteiger partial charge is 0.293 e. The third kappa shape index (κ3) is 2.93. The van der Waals surface area contributed by atoms with Gasteiger partial charge in [0.1, 0.15) is 12.0 Å². The molecule has 7 nitrogen and oxygen atoms in total. The van der Waals surface area contributed by atoms with E-state index in [4.69, 9.17) is 4.52 Å². The molecule has 0 aliphatic rings. The Labute approximate surface area is 115 Å². The van der Waals surface area contributed by atoms with Gasteiger partial charge in [0.25, 0.3) is 5.56 Å². The molecule has 2 aromatic rings. The Bertz CT molecular complexity index is 633. The zero-order valence-corrected chi connectivity index (χ0v) is 11.4. The molecule has 106 valence electrons. The molecule has 0 amide bonds. The first-order chi connectivity index (χ1) is 9.63. The molecule has 2 heterocycles.